The van der Waals surface area contributed by atoms with Crippen LogP contribution in [0.15, 0.2) is 0 Å². The van der Waals surface area contributed by atoms with Gasteiger partial charge in [0.05, 0.1) is 13.0 Å². The first kappa shape index (κ1) is 13.9. The van der Waals surface area contributed by atoms with Crippen LogP contribution < -0.4 is 5.32 Å². The summed E-state index contributed by atoms with van der Waals surface area (Å²) in [5, 5.41) is 11.7. The summed E-state index contributed by atoms with van der Waals surface area (Å²) in [5.74, 6) is 2.23. The van der Waals surface area contributed by atoms with Gasteiger partial charge in [-0.2, -0.15) is 0 Å². The molecule has 0 radical (unpaired) electrons. The van der Waals surface area contributed by atoms with Crippen molar-refractivity contribution in [1.29, 1.82) is 0 Å². The number of carbonyl (C=O) groups excluding carboxylic acids is 1. The lowest BCUT2D eigenvalue weighted by molar-refractivity contribution is -0.122. The van der Waals surface area contributed by atoms with Gasteiger partial charge in [0, 0.05) is 18.6 Å². The second kappa shape index (κ2) is 7.27. The summed E-state index contributed by atoms with van der Waals surface area (Å²) in [6, 6.07) is 0. The molecule has 0 bridgehead atoms. The van der Waals surface area contributed by atoms with E-state index < -0.39 is 0 Å². The maximum atomic E-state index is 11.2. The molecule has 0 aliphatic rings. The van der Waals surface area contributed by atoms with E-state index in [2.05, 4.69) is 11.2 Å². The van der Waals surface area contributed by atoms with Crippen LogP contribution in [-0.2, 0) is 9.53 Å². The van der Waals surface area contributed by atoms with Crippen LogP contribution in [0.2, 0.25) is 0 Å². The molecular formula is C11H19NO3. The number of rotatable bonds is 7. The van der Waals surface area contributed by atoms with Gasteiger partial charge in [-0.1, -0.05) is 19.8 Å². The predicted molar refractivity (Wildman–Crippen MR) is 58.1 cm³/mol. The molecule has 0 heterocycles. The smallest absolute Gasteiger partial charge is 0.222 e. The summed E-state index contributed by atoms with van der Waals surface area (Å²) in [4.78, 5) is 11.2. The first-order valence-corrected chi connectivity index (χ1v) is 4.90. The van der Waals surface area contributed by atoms with Crippen LogP contribution >= 0.6 is 0 Å². The van der Waals surface area contributed by atoms with E-state index in [0.717, 1.165) is 0 Å². The van der Waals surface area contributed by atoms with Crippen molar-refractivity contribution in [3.63, 3.8) is 0 Å². The molecule has 86 valence electrons. The van der Waals surface area contributed by atoms with E-state index in [4.69, 9.17) is 16.3 Å². The molecule has 0 spiro atoms. The van der Waals surface area contributed by atoms with E-state index >= 15 is 0 Å². The number of carbonyl (C=O) groups is 1. The molecule has 0 unspecified atom stereocenters. The largest absolute Gasteiger partial charge is 0.396 e. The molecule has 0 atom stereocenters. The Kier molecular flexibility index (Phi) is 6.76. The average Bonchev–Trinajstić information content (AvgIpc) is 2.22. The molecule has 1 amide bonds. The average molecular weight is 213 g/mol. The lowest BCUT2D eigenvalue weighted by Crippen LogP contribution is -2.36. The minimum Gasteiger partial charge on any atom is -0.396 e. The molecule has 0 saturated heterocycles. The van der Waals surface area contributed by atoms with Crippen LogP contribution in [-0.4, -0.2) is 37.4 Å². The molecule has 15 heavy (non-hydrogen) atoms. The number of amides is 1. The first-order valence-electron chi connectivity index (χ1n) is 4.90. The topological polar surface area (TPSA) is 58.6 Å². The quantitative estimate of drug-likeness (QED) is 0.468. The molecule has 0 aliphatic carbocycles. The Hall–Kier alpha value is -1.05. The van der Waals surface area contributed by atoms with Gasteiger partial charge in [0.2, 0.25) is 5.91 Å². The second-order valence-corrected chi connectivity index (χ2v) is 4.11. The molecule has 4 heteroatoms. The maximum Gasteiger partial charge on any atom is 0.222 e. The van der Waals surface area contributed by atoms with Crippen LogP contribution in [0, 0.1) is 17.8 Å². The van der Waals surface area contributed by atoms with Gasteiger partial charge in [0.1, 0.15) is 6.61 Å². The van der Waals surface area contributed by atoms with Crippen LogP contribution in [0.1, 0.15) is 20.3 Å². The zero-order valence-corrected chi connectivity index (χ0v) is 9.38. The van der Waals surface area contributed by atoms with Crippen molar-refractivity contribution < 1.29 is 14.6 Å². The predicted octanol–water partition coefficient (Wildman–Crippen LogP) is 0.161. The van der Waals surface area contributed by atoms with Crippen molar-refractivity contribution in [2.24, 2.45) is 5.41 Å². The lowest BCUT2D eigenvalue weighted by Gasteiger charge is -2.21. The molecule has 0 saturated carbocycles. The fourth-order valence-electron chi connectivity index (χ4n) is 0.778. The van der Waals surface area contributed by atoms with Crippen molar-refractivity contribution in [3.8, 4) is 12.3 Å². The standard InChI is InChI=1S/C11H19NO3/c1-4-6-15-7-5-10(14)12-8-11(2,3)9-13/h1,13H,5-9H2,2-3H3,(H,12,14). The number of nitrogens with one attached hydrogen (secondary N) is 1. The number of terminal acetylenes is 1. The Morgan fingerprint density at radius 3 is 2.80 bits per heavy atom. The van der Waals surface area contributed by atoms with Crippen LogP contribution in [0.25, 0.3) is 0 Å². The molecule has 4 nitrogen and oxygen atoms in total. The number of aliphatic hydroxyl groups is 1. The summed E-state index contributed by atoms with van der Waals surface area (Å²) < 4.78 is 4.97. The van der Waals surface area contributed by atoms with Gasteiger partial charge < -0.3 is 15.2 Å². The third-order valence-electron chi connectivity index (χ3n) is 1.85. The summed E-state index contributed by atoms with van der Waals surface area (Å²) in [5.41, 5.74) is -0.282. The van der Waals surface area contributed by atoms with E-state index in [1.807, 2.05) is 13.8 Å². The van der Waals surface area contributed by atoms with Gasteiger partial charge in [-0.05, 0) is 0 Å². The van der Waals surface area contributed by atoms with Crippen molar-refractivity contribution in [3.05, 3.63) is 0 Å². The monoisotopic (exact) mass is 213 g/mol. The summed E-state index contributed by atoms with van der Waals surface area (Å²) in [7, 11) is 0. The molecular weight excluding hydrogens is 194 g/mol. The molecule has 0 rings (SSSR count). The highest BCUT2D eigenvalue weighted by Crippen LogP contribution is 2.10. The van der Waals surface area contributed by atoms with Crippen molar-refractivity contribution in [2.75, 3.05) is 26.4 Å². The number of hydrogen-bond acceptors (Lipinski definition) is 3. The Morgan fingerprint density at radius 2 is 2.27 bits per heavy atom. The highest BCUT2D eigenvalue weighted by atomic mass is 16.5. The molecule has 0 aromatic rings. The SMILES string of the molecule is C#CCOCCC(=O)NCC(C)(C)CO. The van der Waals surface area contributed by atoms with E-state index in [9.17, 15) is 4.79 Å². The summed E-state index contributed by atoms with van der Waals surface area (Å²) in [6.45, 7) is 4.81. The summed E-state index contributed by atoms with van der Waals surface area (Å²) in [6.07, 6.45) is 5.27. The fraction of sp³-hybridized carbons (Fsp3) is 0.727. The van der Waals surface area contributed by atoms with E-state index in [-0.39, 0.29) is 24.5 Å². The van der Waals surface area contributed by atoms with Gasteiger partial charge in [-0.3, -0.25) is 4.79 Å². The maximum absolute atomic E-state index is 11.2. The zero-order chi connectivity index (χ0) is 11.7. The Labute approximate surface area is 91.0 Å². The van der Waals surface area contributed by atoms with Crippen LogP contribution in [0.4, 0.5) is 0 Å². The Morgan fingerprint density at radius 1 is 1.60 bits per heavy atom. The zero-order valence-electron chi connectivity index (χ0n) is 9.38. The first-order chi connectivity index (χ1) is 7.02. The van der Waals surface area contributed by atoms with E-state index in [1.54, 1.807) is 0 Å². The minimum absolute atomic E-state index is 0.0425. The molecule has 0 aliphatic heterocycles. The highest BCUT2D eigenvalue weighted by Gasteiger charge is 2.17. The van der Waals surface area contributed by atoms with Crippen LogP contribution in [0.5, 0.6) is 0 Å². The molecule has 0 aromatic carbocycles. The van der Waals surface area contributed by atoms with E-state index in [0.29, 0.717) is 19.6 Å². The van der Waals surface area contributed by atoms with Gasteiger partial charge >= 0.3 is 0 Å². The fourth-order valence-corrected chi connectivity index (χ4v) is 0.778. The van der Waals surface area contributed by atoms with Crippen molar-refractivity contribution in [2.45, 2.75) is 20.3 Å². The summed E-state index contributed by atoms with van der Waals surface area (Å²) >= 11 is 0. The third-order valence-corrected chi connectivity index (χ3v) is 1.85. The molecule has 2 N–H and O–H groups in total. The third kappa shape index (κ3) is 7.98. The van der Waals surface area contributed by atoms with Crippen molar-refractivity contribution >= 4 is 5.91 Å². The van der Waals surface area contributed by atoms with E-state index in [1.165, 1.54) is 0 Å². The molecule has 0 aromatic heterocycles. The number of ether oxygens (including phenoxy) is 1. The highest BCUT2D eigenvalue weighted by molar-refractivity contribution is 5.75. The van der Waals surface area contributed by atoms with Gasteiger partial charge in [-0.25, -0.2) is 0 Å². The number of aliphatic hydroxyl groups excluding tert-OH is 1. The normalized spacial score (nSPS) is 10.8. The van der Waals surface area contributed by atoms with Gasteiger partial charge in [0.25, 0.3) is 0 Å². The van der Waals surface area contributed by atoms with Gasteiger partial charge in [0.15, 0.2) is 0 Å². The van der Waals surface area contributed by atoms with Crippen LogP contribution in [0.3, 0.4) is 0 Å². The van der Waals surface area contributed by atoms with Crippen molar-refractivity contribution in [1.82, 2.24) is 5.32 Å². The lowest BCUT2D eigenvalue weighted by atomic mass is 9.95. The minimum atomic E-state index is -0.282. The molecule has 0 fully saturated rings. The Bertz CT molecular complexity index is 230. The van der Waals surface area contributed by atoms with Gasteiger partial charge in [-0.15, -0.1) is 6.42 Å². The second-order valence-electron chi connectivity index (χ2n) is 4.11. The Balaban J connectivity index is 3.54. The number of hydrogen-bond donors (Lipinski definition) is 2.